The molecule has 4 rings (SSSR count). The fourth-order valence-corrected chi connectivity index (χ4v) is 4.23. The minimum absolute atomic E-state index is 0.00822. The number of nitrogens with zero attached hydrogens (tertiary/aromatic N) is 3. The van der Waals surface area contributed by atoms with E-state index in [0.717, 1.165) is 11.3 Å². The number of nitrogens with two attached hydrogens (primary N) is 1. The van der Waals surface area contributed by atoms with Crippen molar-refractivity contribution in [1.82, 2.24) is 9.97 Å². The number of pyridine rings is 1. The highest BCUT2D eigenvalue weighted by molar-refractivity contribution is 7.17. The third kappa shape index (κ3) is 3.97. The van der Waals surface area contributed by atoms with Gasteiger partial charge in [-0.15, -0.1) is 11.3 Å². The van der Waals surface area contributed by atoms with Crippen LogP contribution < -0.4 is 16.0 Å². The molecule has 0 spiro atoms. The zero-order chi connectivity index (χ0) is 21.3. The highest BCUT2D eigenvalue weighted by atomic mass is 32.1. The number of benzene rings is 1. The predicted octanol–water partition coefficient (Wildman–Crippen LogP) is 4.29. The lowest BCUT2D eigenvalue weighted by Gasteiger charge is -2.26. The predicted molar refractivity (Wildman–Crippen MR) is 115 cm³/mol. The number of nitrogen functional groups attached to an aromatic ring is 1. The van der Waals surface area contributed by atoms with Gasteiger partial charge in [0.15, 0.2) is 0 Å². The number of rotatable bonds is 6. The molecule has 0 radical (unpaired) electrons. The molecule has 0 fully saturated rings. The van der Waals surface area contributed by atoms with Crippen molar-refractivity contribution in [2.24, 2.45) is 0 Å². The third-order valence-electron chi connectivity index (χ3n) is 4.96. The van der Waals surface area contributed by atoms with Gasteiger partial charge < -0.3 is 16.0 Å². The minimum Gasteiger partial charge on any atom is -0.396 e. The molecule has 0 saturated heterocycles. The topological polar surface area (TPSA) is 84.1 Å². The van der Waals surface area contributed by atoms with E-state index in [-0.39, 0.29) is 18.1 Å². The fourth-order valence-electron chi connectivity index (χ4n) is 3.18. The van der Waals surface area contributed by atoms with Gasteiger partial charge >= 0.3 is 0 Å². The third-order valence-corrected chi connectivity index (χ3v) is 6.09. The highest BCUT2D eigenvalue weighted by Gasteiger charge is 2.30. The molecular weight excluding hydrogens is 408 g/mol. The Morgan fingerprint density at radius 1 is 1.33 bits per heavy atom. The summed E-state index contributed by atoms with van der Waals surface area (Å²) in [5.74, 6) is -0.0933. The molecular formula is C21H21F2N5OS. The molecule has 1 unspecified atom stereocenters. The SMILES string of the molecule is CCC(F)CNc1ccc(-c2nc3c(s2)C(=O)N(c2ccc(F)c(N)c2)CC3)cn1. The van der Waals surface area contributed by atoms with Gasteiger partial charge in [0.05, 0.1) is 11.4 Å². The maximum Gasteiger partial charge on any atom is 0.270 e. The quantitative estimate of drug-likeness (QED) is 0.571. The molecule has 0 aliphatic carbocycles. The lowest BCUT2D eigenvalue weighted by Crippen LogP contribution is -2.37. The molecule has 1 aliphatic rings. The van der Waals surface area contributed by atoms with Crippen molar-refractivity contribution in [3.63, 3.8) is 0 Å². The normalized spacial score (nSPS) is 14.5. The molecule has 6 nitrogen and oxygen atoms in total. The average molecular weight is 429 g/mol. The number of nitrogens with one attached hydrogen (secondary N) is 1. The number of aromatic nitrogens is 2. The van der Waals surface area contributed by atoms with Crippen molar-refractivity contribution in [3.8, 4) is 10.6 Å². The zero-order valence-electron chi connectivity index (χ0n) is 16.4. The number of hydrogen-bond donors (Lipinski definition) is 2. The van der Waals surface area contributed by atoms with Crippen LogP contribution >= 0.6 is 11.3 Å². The van der Waals surface area contributed by atoms with Gasteiger partial charge in [0.25, 0.3) is 5.91 Å². The Morgan fingerprint density at radius 2 is 2.17 bits per heavy atom. The fraction of sp³-hybridized carbons (Fsp3) is 0.286. The first kappa shape index (κ1) is 20.2. The van der Waals surface area contributed by atoms with Crippen molar-refractivity contribution >= 4 is 34.4 Å². The molecule has 0 bridgehead atoms. The van der Waals surface area contributed by atoms with E-state index in [1.807, 2.05) is 6.07 Å². The van der Waals surface area contributed by atoms with E-state index in [9.17, 15) is 13.6 Å². The minimum atomic E-state index is -0.914. The molecule has 1 amide bonds. The van der Waals surface area contributed by atoms with E-state index in [2.05, 4.69) is 15.3 Å². The van der Waals surface area contributed by atoms with Crippen molar-refractivity contribution in [1.29, 1.82) is 0 Å². The van der Waals surface area contributed by atoms with Crippen molar-refractivity contribution in [2.75, 3.05) is 29.0 Å². The number of thiazole rings is 1. The van der Waals surface area contributed by atoms with Gasteiger partial charge in [-0.05, 0) is 36.8 Å². The Balaban J connectivity index is 1.53. The van der Waals surface area contributed by atoms with Crippen LogP contribution in [0.15, 0.2) is 36.5 Å². The monoisotopic (exact) mass is 429 g/mol. The molecule has 9 heteroatoms. The highest BCUT2D eigenvalue weighted by Crippen LogP contribution is 2.34. The van der Waals surface area contributed by atoms with Crippen LogP contribution in [0.25, 0.3) is 10.6 Å². The molecule has 3 heterocycles. The number of alkyl halides is 1. The number of carbonyl (C=O) groups is 1. The van der Waals surface area contributed by atoms with E-state index < -0.39 is 12.0 Å². The molecule has 30 heavy (non-hydrogen) atoms. The second-order valence-electron chi connectivity index (χ2n) is 7.03. The summed E-state index contributed by atoms with van der Waals surface area (Å²) in [4.78, 5) is 24.1. The van der Waals surface area contributed by atoms with Gasteiger partial charge in [-0.3, -0.25) is 4.79 Å². The summed E-state index contributed by atoms with van der Waals surface area (Å²) in [6, 6.07) is 7.90. The van der Waals surface area contributed by atoms with Crippen LogP contribution in [0.4, 0.5) is 26.0 Å². The summed E-state index contributed by atoms with van der Waals surface area (Å²) in [5, 5.41) is 3.66. The number of hydrogen-bond acceptors (Lipinski definition) is 6. The second-order valence-corrected chi connectivity index (χ2v) is 8.03. The first-order valence-corrected chi connectivity index (χ1v) is 10.5. The number of amides is 1. The zero-order valence-corrected chi connectivity index (χ0v) is 17.2. The summed E-state index contributed by atoms with van der Waals surface area (Å²) < 4.78 is 26.8. The van der Waals surface area contributed by atoms with Crippen molar-refractivity contribution in [3.05, 3.63) is 52.9 Å². The molecule has 156 valence electrons. The number of halogens is 2. The van der Waals surface area contributed by atoms with Crippen LogP contribution in [-0.2, 0) is 6.42 Å². The van der Waals surface area contributed by atoms with E-state index in [1.165, 1.54) is 23.5 Å². The Hall–Kier alpha value is -3.07. The van der Waals surface area contributed by atoms with Crippen molar-refractivity contribution in [2.45, 2.75) is 25.9 Å². The molecule has 0 saturated carbocycles. The van der Waals surface area contributed by atoms with E-state index in [4.69, 9.17) is 5.73 Å². The van der Waals surface area contributed by atoms with Gasteiger partial charge in [0.1, 0.15) is 27.7 Å². The molecule has 2 aromatic heterocycles. The number of anilines is 3. The van der Waals surface area contributed by atoms with Gasteiger partial charge in [0.2, 0.25) is 0 Å². The number of carbonyl (C=O) groups excluding carboxylic acids is 1. The summed E-state index contributed by atoms with van der Waals surface area (Å²) in [7, 11) is 0. The summed E-state index contributed by atoms with van der Waals surface area (Å²) in [6.07, 6.45) is 1.79. The van der Waals surface area contributed by atoms with Gasteiger partial charge in [0, 0.05) is 37.0 Å². The summed E-state index contributed by atoms with van der Waals surface area (Å²) >= 11 is 1.30. The largest absolute Gasteiger partial charge is 0.396 e. The lowest BCUT2D eigenvalue weighted by molar-refractivity contribution is 0.0984. The Kier molecular flexibility index (Phi) is 5.63. The Bertz CT molecular complexity index is 1070. The van der Waals surface area contributed by atoms with E-state index in [0.29, 0.717) is 40.8 Å². The van der Waals surface area contributed by atoms with Crippen LogP contribution in [0, 0.1) is 5.82 Å². The summed E-state index contributed by atoms with van der Waals surface area (Å²) in [6.45, 7) is 2.45. The standard InChI is InChI=1S/C21H21F2N5OS/c1-2-13(22)11-26-18-6-3-12(10-25-18)20-27-17-7-8-28(21(29)19(17)30-20)14-4-5-15(23)16(24)9-14/h3-6,9-10,13H,2,7-8,11,24H2,1H3,(H,25,26). The van der Waals surface area contributed by atoms with Crippen molar-refractivity contribution < 1.29 is 13.6 Å². The first-order chi connectivity index (χ1) is 14.5. The average Bonchev–Trinajstić information content (AvgIpc) is 3.20. The van der Waals surface area contributed by atoms with E-state index >= 15 is 0 Å². The van der Waals surface area contributed by atoms with Gasteiger partial charge in [-0.2, -0.15) is 0 Å². The van der Waals surface area contributed by atoms with Gasteiger partial charge in [-0.1, -0.05) is 6.92 Å². The molecule has 3 N–H and O–H groups in total. The smallest absolute Gasteiger partial charge is 0.270 e. The second kappa shape index (κ2) is 8.35. The molecule has 1 aromatic carbocycles. The maximum atomic E-state index is 13.5. The lowest BCUT2D eigenvalue weighted by atomic mass is 10.1. The van der Waals surface area contributed by atoms with Crippen LogP contribution in [0.5, 0.6) is 0 Å². The van der Waals surface area contributed by atoms with Crippen LogP contribution in [0.2, 0.25) is 0 Å². The van der Waals surface area contributed by atoms with Crippen LogP contribution in [0.1, 0.15) is 28.7 Å². The van der Waals surface area contributed by atoms with Crippen LogP contribution in [-0.4, -0.2) is 35.1 Å². The first-order valence-electron chi connectivity index (χ1n) is 9.67. The molecule has 1 aliphatic heterocycles. The number of fused-ring (bicyclic) bond motifs is 1. The Labute approximate surface area is 176 Å². The molecule has 3 aromatic rings. The van der Waals surface area contributed by atoms with Gasteiger partial charge in [-0.25, -0.2) is 18.7 Å². The Morgan fingerprint density at radius 3 is 2.87 bits per heavy atom. The van der Waals surface area contributed by atoms with Crippen LogP contribution in [0.3, 0.4) is 0 Å². The molecule has 1 atom stereocenters. The summed E-state index contributed by atoms with van der Waals surface area (Å²) in [5.41, 5.74) is 7.76. The van der Waals surface area contributed by atoms with E-state index in [1.54, 1.807) is 30.2 Å². The maximum absolute atomic E-state index is 13.5.